The molecule has 1 aromatic rings. The highest BCUT2D eigenvalue weighted by molar-refractivity contribution is 7.94. The van der Waals surface area contributed by atoms with Gasteiger partial charge in [-0.05, 0) is 25.3 Å². The molecule has 0 aromatic heterocycles. The van der Waals surface area contributed by atoms with Gasteiger partial charge in [-0.15, -0.1) is 3.63 Å². The molecule has 0 spiro atoms. The molecule has 6 N–H and O–H groups in total. The minimum absolute atomic E-state index is 0. The van der Waals surface area contributed by atoms with Crippen LogP contribution in [0.25, 0.3) is 0 Å². The van der Waals surface area contributed by atoms with Gasteiger partial charge in [0.25, 0.3) is 5.91 Å². The molecule has 1 aliphatic carbocycles. The Hall–Kier alpha value is -1.72. The smallest absolute Gasteiger partial charge is 0.413 e. The Morgan fingerprint density at radius 2 is 1.69 bits per heavy atom. The molecule has 0 bridgehead atoms. The fourth-order valence-corrected chi connectivity index (χ4v) is 5.26. The summed E-state index contributed by atoms with van der Waals surface area (Å²) in [6.07, 6.45) is 7.65. The highest BCUT2D eigenvalue weighted by Crippen LogP contribution is 2.31. The first-order chi connectivity index (χ1) is 15.7. The van der Waals surface area contributed by atoms with E-state index >= 15 is 0 Å². The van der Waals surface area contributed by atoms with Crippen molar-refractivity contribution in [3.8, 4) is 5.75 Å². The number of ether oxygens (including phenoxy) is 1. The number of hydrogen-bond acceptors (Lipinski definition) is 9. The second kappa shape index (κ2) is 13.0. The highest BCUT2D eigenvalue weighted by Gasteiger charge is 2.33. The monoisotopic (exact) mass is 561 g/mol. The summed E-state index contributed by atoms with van der Waals surface area (Å²) in [6, 6.07) is 4.16. The molecule has 1 amide bonds. The number of likely N-dealkylation sites (N-methyl/N-ethyl adjacent to an activating group) is 1. The number of amides is 1. The SMILES string of the molecule is COc1cc(N)c(Cl)cc1C(=O)N(C)C1CCN(C2CCCCC2)C1.O.O=S(=O)(O)OS(=O)(=O)O. The largest absolute Gasteiger partial charge is 0.496 e. The van der Waals surface area contributed by atoms with Gasteiger partial charge in [0.2, 0.25) is 0 Å². The van der Waals surface area contributed by atoms with Gasteiger partial charge in [0.15, 0.2) is 0 Å². The van der Waals surface area contributed by atoms with Gasteiger partial charge in [0, 0.05) is 38.3 Å². The maximum atomic E-state index is 13.0. The van der Waals surface area contributed by atoms with E-state index in [0.29, 0.717) is 28.1 Å². The fourth-order valence-electron chi connectivity index (χ4n) is 4.23. The molecule has 1 aliphatic heterocycles. The maximum Gasteiger partial charge on any atom is 0.413 e. The number of anilines is 1. The van der Waals surface area contributed by atoms with E-state index in [9.17, 15) is 21.6 Å². The van der Waals surface area contributed by atoms with Crippen LogP contribution in [-0.4, -0.2) is 86.5 Å². The molecule has 1 aromatic carbocycles. The molecule has 3 rings (SSSR count). The molecule has 2 fully saturated rings. The number of halogens is 1. The van der Waals surface area contributed by atoms with Crippen LogP contribution in [0, 0.1) is 0 Å². The molecule has 1 heterocycles. The van der Waals surface area contributed by atoms with Crippen molar-refractivity contribution >= 4 is 44.0 Å². The lowest BCUT2D eigenvalue weighted by molar-refractivity contribution is 0.0723. The van der Waals surface area contributed by atoms with Gasteiger partial charge in [-0.1, -0.05) is 30.9 Å². The predicted octanol–water partition coefficient (Wildman–Crippen LogP) is 1.19. The van der Waals surface area contributed by atoms with Gasteiger partial charge in [-0.2, -0.15) is 16.8 Å². The Balaban J connectivity index is 0.000000526. The van der Waals surface area contributed by atoms with E-state index < -0.39 is 20.8 Å². The summed E-state index contributed by atoms with van der Waals surface area (Å²) in [5.74, 6) is 0.412. The zero-order chi connectivity index (χ0) is 25.7. The number of nitrogens with zero attached hydrogens (tertiary/aromatic N) is 2. The highest BCUT2D eigenvalue weighted by atomic mass is 35.5. The summed E-state index contributed by atoms with van der Waals surface area (Å²) >= 11 is 6.12. The van der Waals surface area contributed by atoms with Gasteiger partial charge in [0.05, 0.1) is 23.4 Å². The molecule has 1 saturated carbocycles. The van der Waals surface area contributed by atoms with E-state index in [4.69, 9.17) is 31.2 Å². The summed E-state index contributed by atoms with van der Waals surface area (Å²) in [4.78, 5) is 17.4. The quantitative estimate of drug-likeness (QED) is 0.331. The van der Waals surface area contributed by atoms with Crippen LogP contribution in [0.5, 0.6) is 5.75 Å². The zero-order valence-corrected chi connectivity index (χ0v) is 21.8. The van der Waals surface area contributed by atoms with Gasteiger partial charge in [-0.3, -0.25) is 18.8 Å². The minimum Gasteiger partial charge on any atom is -0.496 e. The van der Waals surface area contributed by atoms with Gasteiger partial charge >= 0.3 is 20.8 Å². The summed E-state index contributed by atoms with van der Waals surface area (Å²) < 4.78 is 60.9. The van der Waals surface area contributed by atoms with Gasteiger partial charge in [0.1, 0.15) is 5.75 Å². The van der Waals surface area contributed by atoms with Crippen molar-refractivity contribution in [2.24, 2.45) is 0 Å². The Morgan fingerprint density at radius 1 is 1.11 bits per heavy atom. The lowest BCUT2D eigenvalue weighted by atomic mass is 9.94. The predicted molar refractivity (Wildman–Crippen MR) is 129 cm³/mol. The summed E-state index contributed by atoms with van der Waals surface area (Å²) in [5, 5.41) is 0.382. The topological polar surface area (TPSA) is 208 Å². The summed E-state index contributed by atoms with van der Waals surface area (Å²) in [7, 11) is -6.82. The molecule has 1 saturated heterocycles. The third kappa shape index (κ3) is 9.69. The van der Waals surface area contributed by atoms with Crippen molar-refractivity contribution in [3.63, 3.8) is 0 Å². The molecular weight excluding hydrogens is 530 g/mol. The van der Waals surface area contributed by atoms with Gasteiger partial charge in [-0.25, -0.2) is 0 Å². The number of methoxy groups -OCH3 is 1. The molecule has 202 valence electrons. The van der Waals surface area contributed by atoms with Crippen LogP contribution in [0.1, 0.15) is 48.9 Å². The number of carbonyl (C=O) groups excluding carboxylic acids is 1. The van der Waals surface area contributed by atoms with Crippen molar-refractivity contribution in [1.29, 1.82) is 0 Å². The maximum absolute atomic E-state index is 13.0. The third-order valence-corrected chi connectivity index (χ3v) is 7.58. The van der Waals surface area contributed by atoms with E-state index in [1.165, 1.54) is 32.1 Å². The van der Waals surface area contributed by atoms with Crippen LogP contribution in [0.2, 0.25) is 5.02 Å². The molecule has 16 heteroatoms. The zero-order valence-electron chi connectivity index (χ0n) is 19.4. The van der Waals surface area contributed by atoms with Crippen LogP contribution >= 0.6 is 11.6 Å². The standard InChI is InChI=1S/C19H28ClN3O2.H2O7S2.H2O/c1-22(14-8-9-23(12-14)13-6-4-3-5-7-13)19(24)15-10-16(20)17(21)11-18(15)25-2;1-8(2,3)7-9(4,5)6;/h10-11,13-14H,3-9,12,21H2,1-2H3;(H,1,2,3)(H,4,5,6);1H2. The molecule has 35 heavy (non-hydrogen) atoms. The first kappa shape index (κ1) is 31.3. The lowest BCUT2D eigenvalue weighted by Gasteiger charge is -2.32. The average Bonchev–Trinajstić information content (AvgIpc) is 3.23. The Morgan fingerprint density at radius 3 is 2.17 bits per heavy atom. The second-order valence-corrected chi connectivity index (χ2v) is 10.8. The van der Waals surface area contributed by atoms with Crippen LogP contribution in [0.15, 0.2) is 12.1 Å². The van der Waals surface area contributed by atoms with Crippen LogP contribution < -0.4 is 10.5 Å². The average molecular weight is 562 g/mol. The molecule has 1 atom stereocenters. The first-order valence-electron chi connectivity index (χ1n) is 10.5. The van der Waals surface area contributed by atoms with Crippen LogP contribution in [-0.2, 0) is 24.4 Å². The summed E-state index contributed by atoms with van der Waals surface area (Å²) in [5.41, 5.74) is 6.71. The first-order valence-corrected chi connectivity index (χ1v) is 13.6. The van der Waals surface area contributed by atoms with Crippen LogP contribution in [0.4, 0.5) is 5.69 Å². The number of rotatable bonds is 6. The second-order valence-electron chi connectivity index (χ2n) is 8.14. The van der Waals surface area contributed by atoms with E-state index in [1.807, 2.05) is 11.9 Å². The number of benzene rings is 1. The fraction of sp³-hybridized carbons (Fsp3) is 0.632. The van der Waals surface area contributed by atoms with Crippen LogP contribution in [0.3, 0.4) is 0 Å². The van der Waals surface area contributed by atoms with Crippen molar-refractivity contribution in [2.45, 2.75) is 50.6 Å². The molecule has 1 unspecified atom stereocenters. The molecule has 0 radical (unpaired) electrons. The number of likely N-dealkylation sites (tertiary alicyclic amines) is 1. The third-order valence-electron chi connectivity index (χ3n) is 5.88. The van der Waals surface area contributed by atoms with Crippen molar-refractivity contribution in [2.75, 3.05) is 33.0 Å². The van der Waals surface area contributed by atoms with Crippen molar-refractivity contribution in [1.82, 2.24) is 9.80 Å². The number of nitrogens with two attached hydrogens (primary N) is 1. The van der Waals surface area contributed by atoms with E-state index in [0.717, 1.165) is 19.5 Å². The summed E-state index contributed by atoms with van der Waals surface area (Å²) in [6.45, 7) is 2.03. The van der Waals surface area contributed by atoms with E-state index in [-0.39, 0.29) is 17.4 Å². The lowest BCUT2D eigenvalue weighted by Crippen LogP contribution is -2.41. The minimum atomic E-state index is -5.12. The molecule has 2 aliphatic rings. The van der Waals surface area contributed by atoms with Gasteiger partial charge < -0.3 is 20.8 Å². The number of carbonyl (C=O) groups is 1. The Labute approximate surface area is 210 Å². The van der Waals surface area contributed by atoms with Crippen molar-refractivity contribution in [3.05, 3.63) is 22.7 Å². The number of nitrogen functional groups attached to an aromatic ring is 1. The molecular formula is C19H32ClN3O10S2. The Bertz CT molecular complexity index is 1050. The van der Waals surface area contributed by atoms with E-state index in [1.54, 1.807) is 19.2 Å². The Kier molecular flexibility index (Phi) is 11.6. The number of hydrogen-bond donors (Lipinski definition) is 3. The van der Waals surface area contributed by atoms with Crippen molar-refractivity contribution < 1.29 is 44.6 Å². The van der Waals surface area contributed by atoms with E-state index in [2.05, 4.69) is 8.53 Å². The normalized spacial score (nSPS) is 19.3. The molecule has 13 nitrogen and oxygen atoms in total.